The van der Waals surface area contributed by atoms with Crippen molar-refractivity contribution in [1.29, 1.82) is 0 Å². The number of hydrogen-bond donors (Lipinski definition) is 2. The minimum atomic E-state index is -4.31. The van der Waals surface area contributed by atoms with E-state index in [4.69, 9.17) is 11.6 Å². The number of benzene rings is 1. The van der Waals surface area contributed by atoms with Gasteiger partial charge >= 0.3 is 5.51 Å². The molecule has 3 nitrogen and oxygen atoms in total. The molecule has 0 saturated carbocycles. The molecule has 0 atom stereocenters. The van der Waals surface area contributed by atoms with Crippen molar-refractivity contribution in [1.82, 2.24) is 5.32 Å². The van der Waals surface area contributed by atoms with Crippen molar-refractivity contribution in [3.8, 4) is 5.75 Å². The highest BCUT2D eigenvalue weighted by Crippen LogP contribution is 2.29. The topological polar surface area (TPSA) is 49.3 Å². The molecule has 0 aromatic heterocycles. The van der Waals surface area contributed by atoms with Crippen molar-refractivity contribution >= 4 is 29.3 Å². The predicted octanol–water partition coefficient (Wildman–Crippen LogP) is 3.03. The van der Waals surface area contributed by atoms with E-state index < -0.39 is 11.4 Å². The van der Waals surface area contributed by atoms with Gasteiger partial charge in [-0.25, -0.2) is 0 Å². The van der Waals surface area contributed by atoms with Crippen LogP contribution in [0.15, 0.2) is 18.2 Å². The van der Waals surface area contributed by atoms with Crippen LogP contribution in [0.1, 0.15) is 10.4 Å². The van der Waals surface area contributed by atoms with Gasteiger partial charge in [0.1, 0.15) is 5.75 Å². The Kier molecular flexibility index (Phi) is 5.15. The van der Waals surface area contributed by atoms with Crippen molar-refractivity contribution in [2.75, 3.05) is 12.3 Å². The second kappa shape index (κ2) is 6.19. The van der Waals surface area contributed by atoms with Crippen LogP contribution >= 0.6 is 23.4 Å². The Hall–Kier alpha value is -1.08. The van der Waals surface area contributed by atoms with Gasteiger partial charge in [-0.1, -0.05) is 11.6 Å². The Morgan fingerprint density at radius 2 is 2.11 bits per heavy atom. The number of amides is 1. The zero-order valence-electron chi connectivity index (χ0n) is 8.92. The van der Waals surface area contributed by atoms with Crippen molar-refractivity contribution in [2.45, 2.75) is 5.51 Å². The number of halogens is 4. The largest absolute Gasteiger partial charge is 0.508 e. The number of carbonyl (C=O) groups is 1. The van der Waals surface area contributed by atoms with Crippen molar-refractivity contribution < 1.29 is 23.1 Å². The average molecular weight is 300 g/mol. The summed E-state index contributed by atoms with van der Waals surface area (Å²) in [6.45, 7) is -0.144. The Morgan fingerprint density at radius 3 is 2.72 bits per heavy atom. The van der Waals surface area contributed by atoms with Gasteiger partial charge in [0.05, 0.1) is 10.6 Å². The van der Waals surface area contributed by atoms with Gasteiger partial charge in [0, 0.05) is 12.3 Å². The molecule has 0 aliphatic rings. The van der Waals surface area contributed by atoms with Crippen LogP contribution in [0, 0.1) is 0 Å². The van der Waals surface area contributed by atoms with Gasteiger partial charge < -0.3 is 10.4 Å². The van der Waals surface area contributed by atoms with Gasteiger partial charge in [-0.2, -0.15) is 13.2 Å². The van der Waals surface area contributed by atoms with Crippen LogP contribution < -0.4 is 5.32 Å². The molecule has 0 aliphatic heterocycles. The fourth-order valence-electron chi connectivity index (χ4n) is 1.11. The van der Waals surface area contributed by atoms with Gasteiger partial charge in [0.2, 0.25) is 0 Å². The molecule has 0 spiro atoms. The molecule has 2 N–H and O–H groups in total. The maximum absolute atomic E-state index is 11.8. The molecular weight excluding hydrogens is 291 g/mol. The molecule has 0 heterocycles. The SMILES string of the molecule is O=C(NCCSC(F)(F)F)c1cc(O)ccc1Cl. The molecule has 0 fully saturated rings. The zero-order valence-corrected chi connectivity index (χ0v) is 10.5. The summed E-state index contributed by atoms with van der Waals surface area (Å²) in [5.41, 5.74) is -4.29. The summed E-state index contributed by atoms with van der Waals surface area (Å²) < 4.78 is 35.4. The van der Waals surface area contributed by atoms with Gasteiger partial charge in [0.15, 0.2) is 0 Å². The summed E-state index contributed by atoms with van der Waals surface area (Å²) in [7, 11) is 0. The van der Waals surface area contributed by atoms with Crippen LogP contribution in [0.4, 0.5) is 13.2 Å². The lowest BCUT2D eigenvalue weighted by molar-refractivity contribution is -0.0327. The first-order chi connectivity index (χ1) is 8.29. The molecule has 0 aliphatic carbocycles. The molecular formula is C10H9ClF3NO2S. The second-order valence-electron chi connectivity index (χ2n) is 3.21. The Morgan fingerprint density at radius 1 is 1.44 bits per heavy atom. The molecule has 1 aromatic rings. The lowest BCUT2D eigenvalue weighted by atomic mass is 10.2. The predicted molar refractivity (Wildman–Crippen MR) is 64.0 cm³/mol. The molecule has 0 radical (unpaired) electrons. The summed E-state index contributed by atoms with van der Waals surface area (Å²) in [5, 5.41) is 11.6. The highest BCUT2D eigenvalue weighted by Gasteiger charge is 2.27. The normalized spacial score (nSPS) is 11.3. The van der Waals surface area contributed by atoms with E-state index in [1.165, 1.54) is 12.1 Å². The molecule has 100 valence electrons. The summed E-state index contributed by atoms with van der Waals surface area (Å²) in [5.74, 6) is -1.06. The summed E-state index contributed by atoms with van der Waals surface area (Å²) in [6, 6.07) is 3.78. The van der Waals surface area contributed by atoms with E-state index in [1.54, 1.807) is 0 Å². The van der Waals surface area contributed by atoms with Gasteiger partial charge in [-0.15, -0.1) is 0 Å². The highest BCUT2D eigenvalue weighted by atomic mass is 35.5. The number of rotatable bonds is 4. The number of thioether (sulfide) groups is 1. The molecule has 0 bridgehead atoms. The number of phenolic OH excluding ortho intramolecular Hbond substituents is 1. The number of hydrogen-bond acceptors (Lipinski definition) is 3. The smallest absolute Gasteiger partial charge is 0.441 e. The maximum Gasteiger partial charge on any atom is 0.441 e. The first-order valence-corrected chi connectivity index (χ1v) is 6.13. The number of alkyl halides is 3. The molecule has 0 saturated heterocycles. The van der Waals surface area contributed by atoms with Crippen molar-refractivity contribution in [2.24, 2.45) is 0 Å². The van der Waals surface area contributed by atoms with Gasteiger partial charge in [-0.05, 0) is 30.0 Å². The van der Waals surface area contributed by atoms with E-state index in [1.807, 2.05) is 0 Å². The van der Waals surface area contributed by atoms with Crippen LogP contribution in [0.3, 0.4) is 0 Å². The minimum absolute atomic E-state index is 0.0219. The number of carbonyl (C=O) groups excluding carboxylic acids is 1. The van der Waals surface area contributed by atoms with Crippen LogP contribution in [-0.2, 0) is 0 Å². The number of aromatic hydroxyl groups is 1. The minimum Gasteiger partial charge on any atom is -0.508 e. The van der Waals surface area contributed by atoms with E-state index >= 15 is 0 Å². The van der Waals surface area contributed by atoms with E-state index in [2.05, 4.69) is 5.32 Å². The lowest BCUT2D eigenvalue weighted by Crippen LogP contribution is -2.26. The molecule has 1 rings (SSSR count). The van der Waals surface area contributed by atoms with Crippen molar-refractivity contribution in [3.05, 3.63) is 28.8 Å². The third-order valence-corrected chi connectivity index (χ3v) is 2.91. The summed E-state index contributed by atoms with van der Waals surface area (Å²) in [4.78, 5) is 11.5. The van der Waals surface area contributed by atoms with Crippen LogP contribution in [0.2, 0.25) is 5.02 Å². The Bertz CT molecular complexity index is 440. The third kappa shape index (κ3) is 5.05. The molecule has 0 unspecified atom stereocenters. The summed E-state index contributed by atoms with van der Waals surface area (Å²) >= 11 is 5.50. The molecule has 1 amide bonds. The zero-order chi connectivity index (χ0) is 13.8. The molecule has 1 aromatic carbocycles. The second-order valence-corrected chi connectivity index (χ2v) is 4.78. The number of nitrogens with one attached hydrogen (secondary N) is 1. The molecule has 8 heteroatoms. The van der Waals surface area contributed by atoms with Crippen LogP contribution in [0.5, 0.6) is 5.75 Å². The highest BCUT2D eigenvalue weighted by molar-refractivity contribution is 8.00. The summed E-state index contributed by atoms with van der Waals surface area (Å²) in [6.07, 6.45) is 0. The van der Waals surface area contributed by atoms with Gasteiger partial charge in [0.25, 0.3) is 5.91 Å². The van der Waals surface area contributed by atoms with E-state index in [9.17, 15) is 23.1 Å². The number of phenols is 1. The van der Waals surface area contributed by atoms with Crippen LogP contribution in [-0.4, -0.2) is 28.8 Å². The third-order valence-electron chi connectivity index (χ3n) is 1.85. The fraction of sp³-hybridized carbons (Fsp3) is 0.300. The lowest BCUT2D eigenvalue weighted by Gasteiger charge is -2.08. The monoisotopic (exact) mass is 299 g/mol. The van der Waals surface area contributed by atoms with Crippen LogP contribution in [0.25, 0.3) is 0 Å². The van der Waals surface area contributed by atoms with Crippen molar-refractivity contribution in [3.63, 3.8) is 0 Å². The van der Waals surface area contributed by atoms with Gasteiger partial charge in [-0.3, -0.25) is 4.79 Å². The van der Waals surface area contributed by atoms with E-state index in [0.717, 1.165) is 6.07 Å². The molecule has 18 heavy (non-hydrogen) atoms. The Balaban J connectivity index is 2.48. The standard InChI is InChI=1S/C10H9ClF3NO2S/c11-8-2-1-6(16)5-7(8)9(17)15-3-4-18-10(12,13)14/h1-2,5,16H,3-4H2,(H,15,17). The quantitative estimate of drug-likeness (QED) is 0.840. The van der Waals surface area contributed by atoms with E-state index in [0.29, 0.717) is 0 Å². The average Bonchev–Trinajstić information content (AvgIpc) is 2.26. The first-order valence-electron chi connectivity index (χ1n) is 4.77. The maximum atomic E-state index is 11.8. The van der Waals surface area contributed by atoms with E-state index in [-0.39, 0.29) is 40.4 Å². The Labute approximate surface area is 110 Å². The fourth-order valence-corrected chi connectivity index (χ4v) is 1.75. The first kappa shape index (κ1) is 15.0.